The summed E-state index contributed by atoms with van der Waals surface area (Å²) >= 11 is 0. The molecule has 0 aromatic heterocycles. The van der Waals surface area contributed by atoms with Gasteiger partial charge in [-0.2, -0.15) is 0 Å². The molecular formula is C21H21N3O3. The Hall–Kier alpha value is -3.02. The predicted molar refractivity (Wildman–Crippen MR) is 105 cm³/mol. The molecule has 0 bridgehead atoms. The normalized spacial score (nSPS) is 17.1. The largest absolute Gasteiger partial charge is 0.366 e. The maximum absolute atomic E-state index is 12.1. The van der Waals surface area contributed by atoms with Crippen LogP contribution >= 0.6 is 0 Å². The lowest BCUT2D eigenvalue weighted by molar-refractivity contribution is -0.384. The van der Waals surface area contributed by atoms with Crippen LogP contribution in [-0.2, 0) is 0 Å². The van der Waals surface area contributed by atoms with Crippen LogP contribution in [0.5, 0.6) is 0 Å². The van der Waals surface area contributed by atoms with E-state index in [0.717, 1.165) is 31.5 Å². The number of fused-ring (bicyclic) bond motifs is 1. The number of hydrogen-bond donors (Lipinski definition) is 0. The monoisotopic (exact) mass is 363 g/mol. The maximum Gasteiger partial charge on any atom is 0.293 e. The summed E-state index contributed by atoms with van der Waals surface area (Å²) in [6.07, 6.45) is 4.45. The van der Waals surface area contributed by atoms with E-state index in [1.807, 2.05) is 30.3 Å². The van der Waals surface area contributed by atoms with Gasteiger partial charge in [0.05, 0.1) is 10.6 Å². The second-order valence-corrected chi connectivity index (χ2v) is 7.00. The molecule has 2 aliphatic rings. The van der Waals surface area contributed by atoms with Crippen molar-refractivity contribution < 1.29 is 9.72 Å². The number of nitrogens with zero attached hydrogens (tertiary/aromatic N) is 3. The van der Waals surface area contributed by atoms with E-state index in [4.69, 9.17) is 0 Å². The molecule has 0 radical (unpaired) electrons. The first-order valence-corrected chi connectivity index (χ1v) is 9.36. The van der Waals surface area contributed by atoms with Crippen LogP contribution in [0.25, 0.3) is 0 Å². The van der Waals surface area contributed by atoms with Crippen molar-refractivity contribution in [3.05, 3.63) is 69.3 Å². The molecule has 0 N–H and O–H groups in total. The lowest BCUT2D eigenvalue weighted by Gasteiger charge is -2.23. The number of carbonyl (C=O) groups excluding carboxylic acids is 1. The first-order chi connectivity index (χ1) is 13.1. The Morgan fingerprint density at radius 3 is 2.37 bits per heavy atom. The van der Waals surface area contributed by atoms with E-state index in [1.54, 1.807) is 12.1 Å². The minimum atomic E-state index is -0.315. The van der Waals surface area contributed by atoms with E-state index in [2.05, 4.69) is 9.89 Å². The van der Waals surface area contributed by atoms with Gasteiger partial charge in [-0.3, -0.25) is 19.9 Å². The number of aliphatic imine (C=N–C) groups is 1. The summed E-state index contributed by atoms with van der Waals surface area (Å²) in [5, 5.41) is 11.8. The Bertz CT molecular complexity index is 928. The van der Waals surface area contributed by atoms with Crippen LogP contribution < -0.4 is 4.90 Å². The van der Waals surface area contributed by atoms with Crippen LogP contribution in [0.3, 0.4) is 0 Å². The molecule has 4 rings (SSSR count). The van der Waals surface area contributed by atoms with Crippen molar-refractivity contribution in [2.24, 2.45) is 4.99 Å². The van der Waals surface area contributed by atoms with Crippen molar-refractivity contribution in [3.63, 3.8) is 0 Å². The SMILES string of the molecule is O=C1CN=C(c2ccc(N3CCCCCC3)c([N+](=O)[O-])c2)c2ccccc21. The van der Waals surface area contributed by atoms with E-state index in [-0.39, 0.29) is 22.9 Å². The molecule has 0 aliphatic carbocycles. The number of hydrogen-bond acceptors (Lipinski definition) is 5. The molecule has 1 fully saturated rings. The number of rotatable bonds is 3. The van der Waals surface area contributed by atoms with Crippen LogP contribution in [0.2, 0.25) is 0 Å². The zero-order chi connectivity index (χ0) is 18.8. The van der Waals surface area contributed by atoms with Crippen LogP contribution in [0.1, 0.15) is 47.2 Å². The zero-order valence-electron chi connectivity index (χ0n) is 15.1. The molecule has 2 heterocycles. The molecular weight excluding hydrogens is 342 g/mol. The first-order valence-electron chi connectivity index (χ1n) is 9.36. The second kappa shape index (κ2) is 7.31. The summed E-state index contributed by atoms with van der Waals surface area (Å²) in [7, 11) is 0. The Morgan fingerprint density at radius 1 is 0.963 bits per heavy atom. The van der Waals surface area contributed by atoms with Gasteiger partial charge in [0.25, 0.3) is 5.69 Å². The zero-order valence-corrected chi connectivity index (χ0v) is 15.1. The van der Waals surface area contributed by atoms with Gasteiger partial charge in [0.15, 0.2) is 5.78 Å². The standard InChI is InChI=1S/C21H21N3O3/c25-20-14-22-21(17-8-4-3-7-16(17)20)15-9-10-18(19(13-15)24(26)27)23-11-5-1-2-6-12-23/h3-4,7-10,13H,1-2,5-6,11-12,14H2. The molecule has 2 aromatic rings. The summed E-state index contributed by atoms with van der Waals surface area (Å²) < 4.78 is 0. The average Bonchev–Trinajstić information content (AvgIpc) is 2.97. The number of ketones is 1. The molecule has 6 nitrogen and oxygen atoms in total. The Morgan fingerprint density at radius 2 is 1.67 bits per heavy atom. The molecule has 27 heavy (non-hydrogen) atoms. The smallest absolute Gasteiger partial charge is 0.293 e. The van der Waals surface area contributed by atoms with Gasteiger partial charge in [-0.1, -0.05) is 43.2 Å². The van der Waals surface area contributed by atoms with Gasteiger partial charge in [0.2, 0.25) is 0 Å². The third kappa shape index (κ3) is 3.35. The van der Waals surface area contributed by atoms with Crippen molar-refractivity contribution in [2.75, 3.05) is 24.5 Å². The summed E-state index contributed by atoms with van der Waals surface area (Å²) in [6, 6.07) is 12.6. The highest BCUT2D eigenvalue weighted by Gasteiger charge is 2.25. The molecule has 0 saturated carbocycles. The van der Waals surface area contributed by atoms with Gasteiger partial charge in [-0.15, -0.1) is 0 Å². The molecule has 138 valence electrons. The minimum Gasteiger partial charge on any atom is -0.366 e. The maximum atomic E-state index is 12.1. The molecule has 0 atom stereocenters. The molecule has 0 unspecified atom stereocenters. The number of Topliss-reactive ketones (excluding diaryl/α,β-unsaturated/α-hetero) is 1. The fourth-order valence-corrected chi connectivity index (χ4v) is 3.90. The van der Waals surface area contributed by atoms with Gasteiger partial charge in [-0.05, 0) is 18.9 Å². The number of anilines is 1. The van der Waals surface area contributed by atoms with E-state index < -0.39 is 0 Å². The van der Waals surface area contributed by atoms with E-state index in [1.165, 1.54) is 12.8 Å². The van der Waals surface area contributed by atoms with E-state index in [9.17, 15) is 14.9 Å². The van der Waals surface area contributed by atoms with Gasteiger partial charge in [0.1, 0.15) is 12.2 Å². The summed E-state index contributed by atoms with van der Waals surface area (Å²) in [4.78, 5) is 30.1. The highest BCUT2D eigenvalue weighted by molar-refractivity contribution is 6.22. The number of nitro benzene ring substituents is 1. The molecule has 0 spiro atoms. The van der Waals surface area contributed by atoms with E-state index >= 15 is 0 Å². The lowest BCUT2D eigenvalue weighted by atomic mass is 9.92. The van der Waals surface area contributed by atoms with Crippen molar-refractivity contribution in [2.45, 2.75) is 25.7 Å². The lowest BCUT2D eigenvalue weighted by Crippen LogP contribution is -2.25. The highest BCUT2D eigenvalue weighted by atomic mass is 16.6. The van der Waals surface area contributed by atoms with Crippen molar-refractivity contribution in [3.8, 4) is 0 Å². The molecule has 2 aromatic carbocycles. The Kier molecular flexibility index (Phi) is 4.71. The quantitative estimate of drug-likeness (QED) is 0.610. The van der Waals surface area contributed by atoms with Gasteiger partial charge in [0, 0.05) is 35.8 Å². The topological polar surface area (TPSA) is 75.8 Å². The number of carbonyl (C=O) groups is 1. The third-order valence-electron chi connectivity index (χ3n) is 5.26. The minimum absolute atomic E-state index is 0.0231. The van der Waals surface area contributed by atoms with Gasteiger partial charge >= 0.3 is 0 Å². The summed E-state index contributed by atoms with van der Waals surface area (Å²) in [6.45, 7) is 1.77. The highest BCUT2D eigenvalue weighted by Crippen LogP contribution is 2.32. The van der Waals surface area contributed by atoms with Gasteiger partial charge < -0.3 is 4.90 Å². The average molecular weight is 363 g/mol. The van der Waals surface area contributed by atoms with Gasteiger partial charge in [-0.25, -0.2) is 0 Å². The summed E-state index contributed by atoms with van der Waals surface area (Å²) in [5.74, 6) is -0.0231. The fraction of sp³-hybridized carbons (Fsp3) is 0.333. The predicted octanol–water partition coefficient (Wildman–Crippen LogP) is 4.01. The van der Waals surface area contributed by atoms with Crippen LogP contribution in [0, 0.1) is 10.1 Å². The van der Waals surface area contributed by atoms with Crippen LogP contribution in [0.4, 0.5) is 11.4 Å². The van der Waals surface area contributed by atoms with Crippen molar-refractivity contribution in [1.82, 2.24) is 0 Å². The molecule has 0 amide bonds. The molecule has 6 heteroatoms. The van der Waals surface area contributed by atoms with Crippen molar-refractivity contribution >= 4 is 22.9 Å². The fourth-order valence-electron chi connectivity index (χ4n) is 3.90. The molecule has 2 aliphatic heterocycles. The first kappa shape index (κ1) is 17.4. The number of nitro groups is 1. The van der Waals surface area contributed by atoms with E-state index in [0.29, 0.717) is 22.5 Å². The summed E-state index contributed by atoms with van der Waals surface area (Å²) in [5.41, 5.74) is 3.47. The third-order valence-corrected chi connectivity index (χ3v) is 5.26. The molecule has 1 saturated heterocycles. The van der Waals surface area contributed by atoms with Crippen molar-refractivity contribution in [1.29, 1.82) is 0 Å². The number of benzene rings is 2. The Labute approximate surface area is 157 Å². The van der Waals surface area contributed by atoms with Crippen LogP contribution in [0.15, 0.2) is 47.5 Å². The Balaban J connectivity index is 1.76. The second-order valence-electron chi connectivity index (χ2n) is 7.00. The van der Waals surface area contributed by atoms with Crippen LogP contribution in [-0.4, -0.2) is 36.1 Å².